The SMILES string of the molecule is Cc1ccc(-c2nc(COC(C)(C)C)oc2Br)cc1. The van der Waals surface area contributed by atoms with E-state index in [0.717, 1.165) is 11.3 Å². The molecular formula is C15H18BrNO2. The third-order valence-electron chi connectivity index (χ3n) is 2.58. The van der Waals surface area contributed by atoms with Gasteiger partial charge in [0.25, 0.3) is 0 Å². The molecule has 0 aliphatic heterocycles. The van der Waals surface area contributed by atoms with E-state index in [1.54, 1.807) is 0 Å². The largest absolute Gasteiger partial charge is 0.431 e. The fourth-order valence-corrected chi connectivity index (χ4v) is 2.08. The van der Waals surface area contributed by atoms with Gasteiger partial charge in [-0.2, -0.15) is 0 Å². The number of halogens is 1. The Bertz CT molecular complexity index is 553. The minimum atomic E-state index is -0.203. The standard InChI is InChI=1S/C15H18BrNO2/c1-10-5-7-11(8-6-10)13-14(16)19-12(17-13)9-18-15(2,3)4/h5-8H,9H2,1-4H3. The van der Waals surface area contributed by atoms with Crippen molar-refractivity contribution < 1.29 is 9.15 Å². The Morgan fingerprint density at radius 3 is 2.42 bits per heavy atom. The van der Waals surface area contributed by atoms with Crippen LogP contribution in [0.4, 0.5) is 0 Å². The first-order valence-corrected chi connectivity index (χ1v) is 7.01. The van der Waals surface area contributed by atoms with Crippen LogP contribution in [-0.4, -0.2) is 10.6 Å². The van der Waals surface area contributed by atoms with Gasteiger partial charge in [0.2, 0.25) is 5.89 Å². The molecule has 102 valence electrons. The summed E-state index contributed by atoms with van der Waals surface area (Å²) in [4.78, 5) is 4.47. The number of hydrogen-bond acceptors (Lipinski definition) is 3. The number of rotatable bonds is 3. The fourth-order valence-electron chi connectivity index (χ4n) is 1.57. The normalized spacial score (nSPS) is 11.8. The minimum absolute atomic E-state index is 0.203. The summed E-state index contributed by atoms with van der Waals surface area (Å²) in [7, 11) is 0. The average molecular weight is 324 g/mol. The van der Waals surface area contributed by atoms with E-state index in [9.17, 15) is 0 Å². The van der Waals surface area contributed by atoms with Crippen LogP contribution in [0.3, 0.4) is 0 Å². The summed E-state index contributed by atoms with van der Waals surface area (Å²) >= 11 is 3.41. The lowest BCUT2D eigenvalue weighted by molar-refractivity contribution is -0.0246. The van der Waals surface area contributed by atoms with Crippen molar-refractivity contribution in [2.75, 3.05) is 0 Å². The van der Waals surface area contributed by atoms with Crippen LogP contribution in [0.1, 0.15) is 32.2 Å². The number of ether oxygens (including phenoxy) is 1. The predicted molar refractivity (Wildman–Crippen MR) is 78.9 cm³/mol. The lowest BCUT2D eigenvalue weighted by atomic mass is 10.1. The number of hydrogen-bond donors (Lipinski definition) is 0. The Morgan fingerprint density at radius 1 is 1.21 bits per heavy atom. The molecule has 1 aromatic carbocycles. The zero-order valence-electron chi connectivity index (χ0n) is 11.7. The molecule has 0 fully saturated rings. The van der Waals surface area contributed by atoms with Crippen molar-refractivity contribution >= 4 is 15.9 Å². The second-order valence-corrected chi connectivity index (χ2v) is 6.22. The number of aromatic nitrogens is 1. The van der Waals surface area contributed by atoms with Gasteiger partial charge in [0, 0.05) is 5.56 Å². The number of oxazole rings is 1. The van der Waals surface area contributed by atoms with Crippen LogP contribution < -0.4 is 0 Å². The third kappa shape index (κ3) is 3.91. The summed E-state index contributed by atoms with van der Waals surface area (Å²) in [5, 5.41) is 0. The maximum Gasteiger partial charge on any atom is 0.222 e. The van der Waals surface area contributed by atoms with Crippen LogP contribution in [0.25, 0.3) is 11.3 Å². The van der Waals surface area contributed by atoms with Gasteiger partial charge < -0.3 is 9.15 Å². The molecule has 0 bridgehead atoms. The lowest BCUT2D eigenvalue weighted by Crippen LogP contribution is -2.18. The van der Waals surface area contributed by atoms with Gasteiger partial charge in [-0.3, -0.25) is 0 Å². The van der Waals surface area contributed by atoms with Crippen LogP contribution in [0, 0.1) is 6.92 Å². The second-order valence-electron chi connectivity index (χ2n) is 5.50. The molecule has 1 heterocycles. The molecule has 0 aliphatic carbocycles. The maximum absolute atomic E-state index is 5.66. The molecule has 19 heavy (non-hydrogen) atoms. The first kappa shape index (κ1) is 14.3. The van der Waals surface area contributed by atoms with E-state index in [1.807, 2.05) is 32.9 Å². The van der Waals surface area contributed by atoms with E-state index >= 15 is 0 Å². The molecule has 2 rings (SSSR count). The highest BCUT2D eigenvalue weighted by Gasteiger charge is 2.16. The van der Waals surface area contributed by atoms with Crippen molar-refractivity contribution in [2.24, 2.45) is 0 Å². The zero-order chi connectivity index (χ0) is 14.0. The van der Waals surface area contributed by atoms with E-state index in [0.29, 0.717) is 17.2 Å². The van der Waals surface area contributed by atoms with Crippen LogP contribution >= 0.6 is 15.9 Å². The van der Waals surface area contributed by atoms with Gasteiger partial charge in [-0.05, 0) is 43.6 Å². The molecule has 0 N–H and O–H groups in total. The molecule has 0 aliphatic rings. The summed E-state index contributed by atoms with van der Waals surface area (Å²) in [5.41, 5.74) is 2.86. The summed E-state index contributed by atoms with van der Waals surface area (Å²) in [6, 6.07) is 8.18. The maximum atomic E-state index is 5.66. The summed E-state index contributed by atoms with van der Waals surface area (Å²) in [6.45, 7) is 8.45. The fraction of sp³-hybridized carbons (Fsp3) is 0.400. The monoisotopic (exact) mass is 323 g/mol. The molecular weight excluding hydrogens is 306 g/mol. The van der Waals surface area contributed by atoms with Gasteiger partial charge in [0.15, 0.2) is 4.67 Å². The van der Waals surface area contributed by atoms with Gasteiger partial charge in [-0.1, -0.05) is 29.8 Å². The summed E-state index contributed by atoms with van der Waals surface area (Å²) in [6.07, 6.45) is 0. The molecule has 1 aromatic heterocycles. The highest BCUT2D eigenvalue weighted by molar-refractivity contribution is 9.10. The Kier molecular flexibility index (Phi) is 4.11. The number of nitrogens with zero attached hydrogens (tertiary/aromatic N) is 1. The molecule has 3 nitrogen and oxygen atoms in total. The van der Waals surface area contributed by atoms with Gasteiger partial charge in [-0.15, -0.1) is 0 Å². The van der Waals surface area contributed by atoms with Crippen LogP contribution in [0.15, 0.2) is 33.4 Å². The highest BCUT2D eigenvalue weighted by atomic mass is 79.9. The molecule has 0 saturated carbocycles. The van der Waals surface area contributed by atoms with Crippen molar-refractivity contribution in [1.82, 2.24) is 4.98 Å². The van der Waals surface area contributed by atoms with Gasteiger partial charge in [-0.25, -0.2) is 4.98 Å². The van der Waals surface area contributed by atoms with Crippen LogP contribution in [0.2, 0.25) is 0 Å². The molecule has 0 radical (unpaired) electrons. The Labute approximate surface area is 122 Å². The van der Waals surface area contributed by atoms with Crippen LogP contribution in [-0.2, 0) is 11.3 Å². The molecule has 2 aromatic rings. The number of benzene rings is 1. The quantitative estimate of drug-likeness (QED) is 0.819. The Hall–Kier alpha value is -1.13. The Morgan fingerprint density at radius 2 is 1.84 bits per heavy atom. The highest BCUT2D eigenvalue weighted by Crippen LogP contribution is 2.29. The zero-order valence-corrected chi connectivity index (χ0v) is 13.2. The van der Waals surface area contributed by atoms with Crippen molar-refractivity contribution in [2.45, 2.75) is 39.9 Å². The third-order valence-corrected chi connectivity index (χ3v) is 3.12. The predicted octanol–water partition coefficient (Wildman–Crippen LogP) is 4.73. The number of aryl methyl sites for hydroxylation is 1. The smallest absolute Gasteiger partial charge is 0.222 e. The molecule has 0 amide bonds. The van der Waals surface area contributed by atoms with E-state index in [-0.39, 0.29) is 5.60 Å². The molecule has 0 saturated heterocycles. The van der Waals surface area contributed by atoms with Crippen molar-refractivity contribution in [3.8, 4) is 11.3 Å². The van der Waals surface area contributed by atoms with E-state index in [1.165, 1.54) is 5.56 Å². The van der Waals surface area contributed by atoms with E-state index in [2.05, 4.69) is 40.0 Å². The second kappa shape index (κ2) is 5.47. The molecule has 4 heteroatoms. The lowest BCUT2D eigenvalue weighted by Gasteiger charge is -2.17. The van der Waals surface area contributed by atoms with Crippen molar-refractivity contribution in [3.63, 3.8) is 0 Å². The Balaban J connectivity index is 2.19. The average Bonchev–Trinajstić information content (AvgIpc) is 2.68. The topological polar surface area (TPSA) is 35.3 Å². The first-order chi connectivity index (χ1) is 8.85. The van der Waals surface area contributed by atoms with Gasteiger partial charge in [0.1, 0.15) is 12.3 Å². The summed E-state index contributed by atoms with van der Waals surface area (Å²) < 4.78 is 11.9. The molecule has 0 unspecified atom stereocenters. The van der Waals surface area contributed by atoms with Crippen molar-refractivity contribution in [3.05, 3.63) is 40.4 Å². The molecule has 0 atom stereocenters. The molecule has 0 spiro atoms. The minimum Gasteiger partial charge on any atom is -0.431 e. The van der Waals surface area contributed by atoms with Crippen LogP contribution in [0.5, 0.6) is 0 Å². The van der Waals surface area contributed by atoms with Crippen molar-refractivity contribution in [1.29, 1.82) is 0 Å². The van der Waals surface area contributed by atoms with Gasteiger partial charge in [0.05, 0.1) is 5.60 Å². The van der Waals surface area contributed by atoms with E-state index < -0.39 is 0 Å². The van der Waals surface area contributed by atoms with E-state index in [4.69, 9.17) is 9.15 Å². The first-order valence-electron chi connectivity index (χ1n) is 6.21. The summed E-state index contributed by atoms with van der Waals surface area (Å²) in [5.74, 6) is 0.581. The van der Waals surface area contributed by atoms with Gasteiger partial charge >= 0.3 is 0 Å².